The maximum absolute atomic E-state index is 12.6. The van der Waals surface area contributed by atoms with Gasteiger partial charge in [-0.2, -0.15) is 0 Å². The Hall–Kier alpha value is -2.34. The molecule has 0 unspecified atom stereocenters. The van der Waals surface area contributed by atoms with Gasteiger partial charge < -0.3 is 15.0 Å². The fourth-order valence-electron chi connectivity index (χ4n) is 3.41. The molecule has 1 N–H and O–H groups in total. The van der Waals surface area contributed by atoms with E-state index in [1.807, 2.05) is 47.4 Å². The van der Waals surface area contributed by atoms with Gasteiger partial charge in [0.1, 0.15) is 12.4 Å². The van der Waals surface area contributed by atoms with Gasteiger partial charge in [-0.25, -0.2) is 0 Å². The molecule has 1 aliphatic rings. The predicted molar refractivity (Wildman–Crippen MR) is 117 cm³/mol. The molecule has 3 rings (SSSR count). The highest BCUT2D eigenvalue weighted by atomic mass is 79.9. The third-order valence-electron chi connectivity index (χ3n) is 4.98. The van der Waals surface area contributed by atoms with E-state index in [0.717, 1.165) is 42.3 Å². The van der Waals surface area contributed by atoms with Crippen molar-refractivity contribution in [1.29, 1.82) is 0 Å². The third kappa shape index (κ3) is 6.60. The van der Waals surface area contributed by atoms with Crippen molar-refractivity contribution in [2.24, 2.45) is 0 Å². The number of para-hydroxylation sites is 1. The summed E-state index contributed by atoms with van der Waals surface area (Å²) in [6.45, 7) is 2.45. The Labute approximate surface area is 180 Å². The van der Waals surface area contributed by atoms with Gasteiger partial charge in [-0.05, 0) is 49.1 Å². The summed E-state index contributed by atoms with van der Waals surface area (Å²) in [4.78, 5) is 26.6. The van der Waals surface area contributed by atoms with Crippen molar-refractivity contribution in [3.8, 4) is 5.75 Å². The second kappa shape index (κ2) is 11.0. The van der Waals surface area contributed by atoms with Crippen molar-refractivity contribution < 1.29 is 14.3 Å². The molecular formula is C23H27BrN2O3. The molecule has 0 radical (unpaired) electrons. The largest absolute Gasteiger partial charge is 0.488 e. The van der Waals surface area contributed by atoms with Gasteiger partial charge in [0.2, 0.25) is 5.91 Å². The second-order valence-electron chi connectivity index (χ2n) is 7.22. The van der Waals surface area contributed by atoms with Crippen molar-refractivity contribution in [2.45, 2.75) is 38.7 Å². The fraction of sp³-hybridized carbons (Fsp3) is 0.391. The van der Waals surface area contributed by atoms with Crippen molar-refractivity contribution in [1.82, 2.24) is 10.2 Å². The van der Waals surface area contributed by atoms with Crippen LogP contribution in [0.3, 0.4) is 0 Å². The Morgan fingerprint density at radius 2 is 1.97 bits per heavy atom. The molecule has 1 heterocycles. The van der Waals surface area contributed by atoms with Crippen molar-refractivity contribution in [3.63, 3.8) is 0 Å². The number of rotatable bonds is 8. The summed E-state index contributed by atoms with van der Waals surface area (Å²) >= 11 is 3.45. The van der Waals surface area contributed by atoms with Gasteiger partial charge in [0.25, 0.3) is 5.91 Å². The molecule has 29 heavy (non-hydrogen) atoms. The Kier molecular flexibility index (Phi) is 8.11. The summed E-state index contributed by atoms with van der Waals surface area (Å²) in [7, 11) is 0. The number of hydrogen-bond donors (Lipinski definition) is 1. The number of nitrogens with zero attached hydrogens (tertiary/aromatic N) is 1. The minimum absolute atomic E-state index is 0.156. The van der Waals surface area contributed by atoms with E-state index in [1.165, 1.54) is 0 Å². The van der Waals surface area contributed by atoms with Crippen LogP contribution in [0.1, 0.15) is 48.0 Å². The van der Waals surface area contributed by atoms with Gasteiger partial charge >= 0.3 is 0 Å². The van der Waals surface area contributed by atoms with Gasteiger partial charge in [0.05, 0.1) is 5.56 Å². The average Bonchev–Trinajstić information content (AvgIpc) is 2.94. The maximum atomic E-state index is 12.6. The quantitative estimate of drug-likeness (QED) is 0.590. The smallest absolute Gasteiger partial charge is 0.255 e. The minimum atomic E-state index is -0.156. The van der Waals surface area contributed by atoms with E-state index in [2.05, 4.69) is 21.2 Å². The molecule has 0 saturated carbocycles. The first-order chi connectivity index (χ1) is 14.1. The van der Waals surface area contributed by atoms with Crippen LogP contribution < -0.4 is 10.1 Å². The molecule has 0 atom stereocenters. The Morgan fingerprint density at radius 1 is 1.10 bits per heavy atom. The van der Waals surface area contributed by atoms with Crippen LogP contribution in [-0.4, -0.2) is 36.3 Å². The van der Waals surface area contributed by atoms with Crippen molar-refractivity contribution >= 4 is 27.7 Å². The zero-order chi connectivity index (χ0) is 20.5. The molecule has 0 bridgehead atoms. The standard InChI is InChI=1S/C23H27BrN2O3/c24-19-9-6-8-18(16-19)17-29-21-11-4-3-10-20(21)23(28)25-13-7-15-26-14-5-1-2-12-22(26)27/h3-4,6,8-11,16H,1-2,5,7,12-15,17H2,(H,25,28). The highest BCUT2D eigenvalue weighted by Crippen LogP contribution is 2.20. The first-order valence-corrected chi connectivity index (χ1v) is 10.9. The fourth-order valence-corrected chi connectivity index (χ4v) is 3.86. The lowest BCUT2D eigenvalue weighted by Gasteiger charge is -2.20. The molecule has 2 amide bonds. The zero-order valence-electron chi connectivity index (χ0n) is 16.5. The van der Waals surface area contributed by atoms with E-state index in [9.17, 15) is 9.59 Å². The van der Waals surface area contributed by atoms with Crippen LogP contribution in [0.15, 0.2) is 53.0 Å². The second-order valence-corrected chi connectivity index (χ2v) is 8.13. The Bertz CT molecular complexity index is 840. The molecule has 0 aliphatic carbocycles. The van der Waals surface area contributed by atoms with Crippen molar-refractivity contribution in [3.05, 3.63) is 64.1 Å². The lowest BCUT2D eigenvalue weighted by atomic mass is 10.2. The summed E-state index contributed by atoms with van der Waals surface area (Å²) in [5.74, 6) is 0.643. The summed E-state index contributed by atoms with van der Waals surface area (Å²) in [6.07, 6.45) is 4.58. The molecule has 1 fully saturated rings. The predicted octanol–water partition coefficient (Wildman–Crippen LogP) is 4.55. The topological polar surface area (TPSA) is 58.6 Å². The molecule has 0 aromatic heterocycles. The van der Waals surface area contributed by atoms with E-state index in [4.69, 9.17) is 4.74 Å². The summed E-state index contributed by atoms with van der Waals surface area (Å²) in [5.41, 5.74) is 1.55. The zero-order valence-corrected chi connectivity index (χ0v) is 18.1. The van der Waals surface area contributed by atoms with Crippen molar-refractivity contribution in [2.75, 3.05) is 19.6 Å². The average molecular weight is 459 g/mol. The minimum Gasteiger partial charge on any atom is -0.488 e. The number of benzene rings is 2. The molecule has 1 saturated heterocycles. The van der Waals surface area contributed by atoms with Crippen LogP contribution in [0, 0.1) is 0 Å². The summed E-state index contributed by atoms with van der Waals surface area (Å²) in [5, 5.41) is 2.95. The van der Waals surface area contributed by atoms with Gasteiger partial charge in [-0.1, -0.05) is 46.6 Å². The van der Waals surface area contributed by atoms with E-state index >= 15 is 0 Å². The number of halogens is 1. The Morgan fingerprint density at radius 3 is 2.83 bits per heavy atom. The van der Waals surface area contributed by atoms with E-state index in [0.29, 0.717) is 37.4 Å². The normalized spacial score (nSPS) is 14.4. The number of carbonyl (C=O) groups is 2. The van der Waals surface area contributed by atoms with E-state index in [-0.39, 0.29) is 11.8 Å². The van der Waals surface area contributed by atoms with Crippen LogP contribution in [0.5, 0.6) is 5.75 Å². The van der Waals surface area contributed by atoms with Crippen LogP contribution in [0.25, 0.3) is 0 Å². The highest BCUT2D eigenvalue weighted by Gasteiger charge is 2.16. The lowest BCUT2D eigenvalue weighted by molar-refractivity contribution is -0.130. The number of likely N-dealkylation sites (tertiary alicyclic amines) is 1. The van der Waals surface area contributed by atoms with E-state index < -0.39 is 0 Å². The Balaban J connectivity index is 1.49. The van der Waals surface area contributed by atoms with E-state index in [1.54, 1.807) is 6.07 Å². The number of nitrogens with one attached hydrogen (secondary N) is 1. The molecule has 6 heteroatoms. The number of amides is 2. The first-order valence-electron chi connectivity index (χ1n) is 10.2. The first kappa shape index (κ1) is 21.4. The highest BCUT2D eigenvalue weighted by molar-refractivity contribution is 9.10. The lowest BCUT2D eigenvalue weighted by Crippen LogP contribution is -2.34. The number of hydrogen-bond acceptors (Lipinski definition) is 3. The number of ether oxygens (including phenoxy) is 1. The van der Waals surface area contributed by atoms with Crippen LogP contribution in [0.4, 0.5) is 0 Å². The maximum Gasteiger partial charge on any atom is 0.255 e. The molecule has 154 valence electrons. The molecular weight excluding hydrogens is 432 g/mol. The summed E-state index contributed by atoms with van der Waals surface area (Å²) in [6, 6.07) is 15.2. The van der Waals surface area contributed by atoms with Crippen LogP contribution in [0.2, 0.25) is 0 Å². The molecule has 0 spiro atoms. The van der Waals surface area contributed by atoms with Crippen LogP contribution >= 0.6 is 15.9 Å². The molecule has 2 aromatic rings. The third-order valence-corrected chi connectivity index (χ3v) is 5.47. The molecule has 1 aliphatic heterocycles. The molecule has 5 nitrogen and oxygen atoms in total. The van der Waals surface area contributed by atoms with Gasteiger partial charge in [-0.15, -0.1) is 0 Å². The van der Waals surface area contributed by atoms with Gasteiger partial charge in [0.15, 0.2) is 0 Å². The van der Waals surface area contributed by atoms with Gasteiger partial charge in [-0.3, -0.25) is 9.59 Å². The number of carbonyl (C=O) groups excluding carboxylic acids is 2. The summed E-state index contributed by atoms with van der Waals surface area (Å²) < 4.78 is 6.89. The monoisotopic (exact) mass is 458 g/mol. The van der Waals surface area contributed by atoms with Gasteiger partial charge in [0, 0.05) is 30.5 Å². The van der Waals surface area contributed by atoms with Crippen LogP contribution in [-0.2, 0) is 11.4 Å². The SMILES string of the molecule is O=C(NCCCN1CCCCCC1=O)c1ccccc1OCc1cccc(Br)c1. The molecule has 2 aromatic carbocycles.